The number of pyridine rings is 2. The van der Waals surface area contributed by atoms with Crippen molar-refractivity contribution in [3.05, 3.63) is 74.8 Å². The molecule has 3 N–H and O–H groups in total. The number of nitrogens with two attached hydrogens (primary N) is 1. The molecule has 3 aromatic rings. The van der Waals surface area contributed by atoms with E-state index in [1.165, 1.54) is 26.1 Å². The molecule has 1 aromatic carbocycles. The fourth-order valence-electron chi connectivity index (χ4n) is 5.15. The van der Waals surface area contributed by atoms with Gasteiger partial charge in [0.2, 0.25) is 0 Å². The lowest BCUT2D eigenvalue weighted by molar-refractivity contribution is -0.0412. The highest BCUT2D eigenvalue weighted by atomic mass is 19.3. The molecule has 2 aromatic heterocycles. The van der Waals surface area contributed by atoms with E-state index in [2.05, 4.69) is 9.97 Å². The third-order valence-electron chi connectivity index (χ3n) is 6.99. The van der Waals surface area contributed by atoms with Crippen molar-refractivity contribution in [3.63, 3.8) is 0 Å². The van der Waals surface area contributed by atoms with E-state index < -0.39 is 29.4 Å². The second-order valence-electron chi connectivity index (χ2n) is 9.20. The van der Waals surface area contributed by atoms with Crippen LogP contribution >= 0.6 is 0 Å². The van der Waals surface area contributed by atoms with Gasteiger partial charge in [0.25, 0.3) is 11.8 Å². The zero-order chi connectivity index (χ0) is 24.8. The van der Waals surface area contributed by atoms with E-state index in [9.17, 15) is 27.2 Å². The number of aromatic nitrogens is 2. The van der Waals surface area contributed by atoms with Crippen molar-refractivity contribution in [2.75, 3.05) is 0 Å². The largest absolute Gasteiger partial charge is 0.364 e. The number of primary amides is 1. The molecule has 0 bridgehead atoms. The SMILES string of the molecule is Cc1ccc(C)c(F)c1F.NC(=O)c1nccc2[nH]c(C3CC4CCC(F)(F)C4C3)cc(=O)c12. The number of hydrogen-bond acceptors (Lipinski definition) is 3. The molecule has 9 heteroatoms. The first kappa shape index (κ1) is 23.9. The average molecular weight is 475 g/mol. The van der Waals surface area contributed by atoms with E-state index in [-0.39, 0.29) is 34.8 Å². The lowest BCUT2D eigenvalue weighted by atomic mass is 9.97. The molecular weight excluding hydrogens is 450 g/mol. The fraction of sp³-hybridized carbons (Fsp3) is 0.400. The van der Waals surface area contributed by atoms with Crippen LogP contribution in [0, 0.1) is 37.3 Å². The maximum absolute atomic E-state index is 13.9. The van der Waals surface area contributed by atoms with Gasteiger partial charge in [0.1, 0.15) is 5.69 Å². The topological polar surface area (TPSA) is 88.8 Å². The number of nitrogens with zero attached hydrogens (tertiary/aromatic N) is 1. The van der Waals surface area contributed by atoms with Crippen molar-refractivity contribution in [3.8, 4) is 0 Å². The van der Waals surface area contributed by atoms with Crippen molar-refractivity contribution >= 4 is 16.8 Å². The molecule has 5 nitrogen and oxygen atoms in total. The quantitative estimate of drug-likeness (QED) is 0.503. The van der Waals surface area contributed by atoms with E-state index in [4.69, 9.17) is 5.73 Å². The Labute approximate surface area is 193 Å². The summed E-state index contributed by atoms with van der Waals surface area (Å²) in [4.78, 5) is 30.9. The highest BCUT2D eigenvalue weighted by molar-refractivity contribution is 6.03. The molecule has 3 unspecified atom stereocenters. The number of nitrogens with one attached hydrogen (secondary N) is 1. The highest BCUT2D eigenvalue weighted by Gasteiger charge is 2.54. The van der Waals surface area contributed by atoms with Crippen LogP contribution in [0.25, 0.3) is 10.9 Å². The smallest absolute Gasteiger partial charge is 0.268 e. The Bertz CT molecular complexity index is 1290. The molecule has 2 aliphatic rings. The second-order valence-corrected chi connectivity index (χ2v) is 9.20. The normalized spacial score (nSPS) is 22.8. The van der Waals surface area contributed by atoms with Gasteiger partial charge in [0.05, 0.1) is 10.9 Å². The zero-order valence-electron chi connectivity index (χ0n) is 18.8. The summed E-state index contributed by atoms with van der Waals surface area (Å²) >= 11 is 0. The zero-order valence-corrected chi connectivity index (χ0v) is 18.8. The van der Waals surface area contributed by atoms with E-state index in [1.54, 1.807) is 18.2 Å². The number of halogens is 4. The molecule has 180 valence electrons. The maximum Gasteiger partial charge on any atom is 0.268 e. The van der Waals surface area contributed by atoms with Crippen LogP contribution in [0.4, 0.5) is 17.6 Å². The van der Waals surface area contributed by atoms with E-state index in [0.717, 1.165) is 0 Å². The number of carbonyl (C=O) groups excluding carboxylic acids is 1. The Morgan fingerprint density at radius 2 is 1.76 bits per heavy atom. The minimum Gasteiger partial charge on any atom is -0.364 e. The number of alkyl halides is 2. The Kier molecular flexibility index (Phi) is 6.22. The third kappa shape index (κ3) is 4.31. The van der Waals surface area contributed by atoms with Crippen LogP contribution < -0.4 is 11.2 Å². The van der Waals surface area contributed by atoms with Gasteiger partial charge in [-0.15, -0.1) is 0 Å². The van der Waals surface area contributed by atoms with Gasteiger partial charge in [-0.3, -0.25) is 14.6 Å². The molecule has 0 saturated heterocycles. The van der Waals surface area contributed by atoms with Crippen molar-refractivity contribution in [1.82, 2.24) is 9.97 Å². The van der Waals surface area contributed by atoms with Crippen LogP contribution in [-0.4, -0.2) is 21.8 Å². The number of aryl methyl sites for hydroxylation is 2. The molecule has 34 heavy (non-hydrogen) atoms. The molecule has 1 amide bonds. The number of aromatic amines is 1. The number of benzene rings is 1. The minimum atomic E-state index is -2.60. The molecule has 2 heterocycles. The second kappa shape index (κ2) is 8.85. The first-order valence-electron chi connectivity index (χ1n) is 11.1. The molecule has 2 aliphatic carbocycles. The molecule has 2 fully saturated rings. The predicted molar refractivity (Wildman–Crippen MR) is 120 cm³/mol. The Morgan fingerprint density at radius 3 is 2.35 bits per heavy atom. The summed E-state index contributed by atoms with van der Waals surface area (Å²) in [5.74, 6) is -5.51. The predicted octanol–water partition coefficient (Wildman–Crippen LogP) is 5.14. The Balaban J connectivity index is 0.000000231. The summed E-state index contributed by atoms with van der Waals surface area (Å²) in [6, 6.07) is 6.12. The summed E-state index contributed by atoms with van der Waals surface area (Å²) in [5.41, 5.74) is 6.65. The van der Waals surface area contributed by atoms with Crippen molar-refractivity contribution < 1.29 is 22.4 Å². The van der Waals surface area contributed by atoms with Gasteiger partial charge >= 0.3 is 0 Å². The van der Waals surface area contributed by atoms with Crippen LogP contribution in [0.3, 0.4) is 0 Å². The van der Waals surface area contributed by atoms with Crippen LogP contribution in [0.5, 0.6) is 0 Å². The number of amides is 1. The van der Waals surface area contributed by atoms with Crippen LogP contribution in [0.15, 0.2) is 35.3 Å². The van der Waals surface area contributed by atoms with Gasteiger partial charge in [-0.2, -0.15) is 0 Å². The van der Waals surface area contributed by atoms with Crippen LogP contribution in [0.1, 0.15) is 58.9 Å². The number of hydrogen-bond donors (Lipinski definition) is 2. The summed E-state index contributed by atoms with van der Waals surface area (Å²) in [6.07, 6.45) is 2.96. The molecule has 5 rings (SSSR count). The van der Waals surface area contributed by atoms with E-state index in [0.29, 0.717) is 41.6 Å². The number of carbonyl (C=O) groups is 1. The maximum atomic E-state index is 13.9. The monoisotopic (exact) mass is 475 g/mol. The molecule has 0 radical (unpaired) electrons. The van der Waals surface area contributed by atoms with E-state index in [1.807, 2.05) is 0 Å². The standard InChI is InChI=1S/C17H17F2N3O2.C8H8F2/c18-17(19)3-1-8-5-9(6-10(8)17)12-7-13(23)14-11(22-12)2-4-21-15(14)16(20)24;1-5-3-4-6(2)8(10)7(5)9/h2,4,7-10H,1,3,5-6H2,(H2,20,24)(H,22,23);3-4H,1-2H3. The minimum absolute atomic E-state index is 0.0165. The van der Waals surface area contributed by atoms with Crippen molar-refractivity contribution in [2.24, 2.45) is 17.6 Å². The number of H-pyrrole nitrogens is 1. The lowest BCUT2D eigenvalue weighted by Gasteiger charge is -2.18. The first-order chi connectivity index (χ1) is 16.0. The number of fused-ring (bicyclic) bond motifs is 2. The van der Waals surface area contributed by atoms with Gasteiger partial charge < -0.3 is 10.7 Å². The number of rotatable bonds is 2. The highest BCUT2D eigenvalue weighted by Crippen LogP contribution is 2.56. The van der Waals surface area contributed by atoms with Crippen molar-refractivity contribution in [1.29, 1.82) is 0 Å². The van der Waals surface area contributed by atoms with Gasteiger partial charge in [-0.1, -0.05) is 12.1 Å². The summed E-state index contributed by atoms with van der Waals surface area (Å²) in [7, 11) is 0. The average Bonchev–Trinajstić information content (AvgIpc) is 3.35. The van der Waals surface area contributed by atoms with Gasteiger partial charge in [-0.25, -0.2) is 17.6 Å². The van der Waals surface area contributed by atoms with Gasteiger partial charge in [0.15, 0.2) is 17.1 Å². The molecule has 0 aliphatic heterocycles. The van der Waals surface area contributed by atoms with Crippen LogP contribution in [-0.2, 0) is 0 Å². The Hall–Kier alpha value is -3.23. The fourth-order valence-corrected chi connectivity index (χ4v) is 5.15. The third-order valence-corrected chi connectivity index (χ3v) is 6.99. The van der Waals surface area contributed by atoms with Gasteiger partial charge in [0, 0.05) is 30.3 Å². The molecule has 2 saturated carbocycles. The molecule has 3 atom stereocenters. The summed E-state index contributed by atoms with van der Waals surface area (Å²) < 4.78 is 53.1. The molecule has 0 spiro atoms. The van der Waals surface area contributed by atoms with Crippen molar-refractivity contribution in [2.45, 2.75) is 51.4 Å². The molecular formula is C25H25F4N3O2. The van der Waals surface area contributed by atoms with Crippen LogP contribution in [0.2, 0.25) is 0 Å². The lowest BCUT2D eigenvalue weighted by Crippen LogP contribution is -2.22. The Morgan fingerprint density at radius 1 is 1.12 bits per heavy atom. The first-order valence-corrected chi connectivity index (χ1v) is 11.1. The van der Waals surface area contributed by atoms with E-state index >= 15 is 0 Å². The summed E-state index contributed by atoms with van der Waals surface area (Å²) in [6.45, 7) is 3.08. The summed E-state index contributed by atoms with van der Waals surface area (Å²) in [5, 5.41) is 0.150. The van der Waals surface area contributed by atoms with Gasteiger partial charge in [-0.05, 0) is 62.1 Å².